The van der Waals surface area contributed by atoms with E-state index >= 15 is 0 Å². The Labute approximate surface area is 169 Å². The van der Waals surface area contributed by atoms with Crippen LogP contribution in [0.1, 0.15) is 17.5 Å². The molecule has 0 fully saturated rings. The number of nitrogens with zero attached hydrogens (tertiary/aromatic N) is 2. The predicted octanol–water partition coefficient (Wildman–Crippen LogP) is 6.28. The Morgan fingerprint density at radius 1 is 0.815 bits per heavy atom. The SMILES string of the molecule is Sc1ccc(CC2=NN=C(SCc3ccccc3-c3ccccc3)C2)cc1. The van der Waals surface area contributed by atoms with Crippen LogP contribution in [-0.2, 0) is 12.2 Å². The molecule has 0 N–H and O–H groups in total. The minimum atomic E-state index is 0.848. The zero-order chi connectivity index (χ0) is 18.5. The minimum Gasteiger partial charge on any atom is -0.159 e. The van der Waals surface area contributed by atoms with Crippen LogP contribution in [0.25, 0.3) is 11.1 Å². The van der Waals surface area contributed by atoms with Crippen LogP contribution >= 0.6 is 24.4 Å². The second-order valence-electron chi connectivity index (χ2n) is 6.49. The third-order valence-electron chi connectivity index (χ3n) is 4.50. The van der Waals surface area contributed by atoms with Gasteiger partial charge in [0, 0.05) is 23.5 Å². The Morgan fingerprint density at radius 2 is 1.56 bits per heavy atom. The summed E-state index contributed by atoms with van der Waals surface area (Å²) in [5.74, 6) is 0.904. The van der Waals surface area contributed by atoms with Crippen molar-refractivity contribution < 1.29 is 0 Å². The Kier molecular flexibility index (Phi) is 5.75. The molecule has 2 nitrogen and oxygen atoms in total. The maximum absolute atomic E-state index is 4.40. The van der Waals surface area contributed by atoms with E-state index in [1.54, 1.807) is 11.8 Å². The zero-order valence-corrected chi connectivity index (χ0v) is 16.6. The highest BCUT2D eigenvalue weighted by molar-refractivity contribution is 8.13. The Bertz CT molecular complexity index is 977. The normalized spacial score (nSPS) is 13.4. The third kappa shape index (κ3) is 4.71. The van der Waals surface area contributed by atoms with Gasteiger partial charge in [0.2, 0.25) is 0 Å². The molecule has 4 heteroatoms. The third-order valence-corrected chi connectivity index (χ3v) is 5.81. The number of benzene rings is 3. The van der Waals surface area contributed by atoms with Gasteiger partial charge in [-0.3, -0.25) is 0 Å². The highest BCUT2D eigenvalue weighted by atomic mass is 32.2. The summed E-state index contributed by atoms with van der Waals surface area (Å²) in [5.41, 5.74) is 6.25. The topological polar surface area (TPSA) is 24.7 Å². The molecule has 4 rings (SSSR count). The first kappa shape index (κ1) is 18.1. The number of hydrogen-bond acceptors (Lipinski definition) is 4. The summed E-state index contributed by atoms with van der Waals surface area (Å²) < 4.78 is 0. The second-order valence-corrected chi connectivity index (χ2v) is 8.06. The maximum atomic E-state index is 4.40. The van der Waals surface area contributed by atoms with Crippen molar-refractivity contribution in [1.29, 1.82) is 0 Å². The number of thiol groups is 1. The molecule has 3 aromatic carbocycles. The molecule has 1 aliphatic rings. The monoisotopic (exact) mass is 388 g/mol. The molecule has 0 saturated heterocycles. The first-order chi connectivity index (χ1) is 13.3. The van der Waals surface area contributed by atoms with Crippen molar-refractivity contribution in [3.8, 4) is 11.1 Å². The van der Waals surface area contributed by atoms with Crippen molar-refractivity contribution in [2.45, 2.75) is 23.5 Å². The van der Waals surface area contributed by atoms with Gasteiger partial charge in [-0.2, -0.15) is 5.10 Å². The van der Waals surface area contributed by atoms with Crippen molar-refractivity contribution in [3.05, 3.63) is 90.0 Å². The van der Waals surface area contributed by atoms with E-state index in [9.17, 15) is 0 Å². The lowest BCUT2D eigenvalue weighted by Gasteiger charge is -2.09. The standard InChI is InChI=1S/C23H20N2S2/c26-21-12-10-17(11-13-21)14-20-15-23(25-24-20)27-16-19-8-4-5-9-22(19)18-6-2-1-3-7-18/h1-13,26H,14-16H2. The summed E-state index contributed by atoms with van der Waals surface area (Å²) in [6.07, 6.45) is 1.70. The molecule has 1 heterocycles. The summed E-state index contributed by atoms with van der Waals surface area (Å²) in [5, 5.41) is 9.89. The molecule has 0 bridgehead atoms. The van der Waals surface area contributed by atoms with E-state index in [0.717, 1.165) is 34.2 Å². The first-order valence-electron chi connectivity index (χ1n) is 8.94. The van der Waals surface area contributed by atoms with E-state index in [2.05, 4.69) is 89.6 Å². The second kappa shape index (κ2) is 8.59. The molecule has 0 atom stereocenters. The molecule has 3 aromatic rings. The predicted molar refractivity (Wildman–Crippen MR) is 120 cm³/mol. The van der Waals surface area contributed by atoms with E-state index in [0.29, 0.717) is 0 Å². The molecule has 0 unspecified atom stereocenters. The average Bonchev–Trinajstić information content (AvgIpc) is 3.16. The smallest absolute Gasteiger partial charge is 0.102 e. The summed E-state index contributed by atoms with van der Waals surface area (Å²) in [6, 6.07) is 27.4. The molecular formula is C23H20N2S2. The fraction of sp³-hybridized carbons (Fsp3) is 0.130. The van der Waals surface area contributed by atoms with Gasteiger partial charge in [-0.25, -0.2) is 0 Å². The van der Waals surface area contributed by atoms with Crippen LogP contribution < -0.4 is 0 Å². The van der Waals surface area contributed by atoms with Crippen LogP contribution in [0, 0.1) is 0 Å². The molecule has 134 valence electrons. The van der Waals surface area contributed by atoms with E-state index in [1.807, 2.05) is 12.1 Å². The van der Waals surface area contributed by atoms with Crippen molar-refractivity contribution in [1.82, 2.24) is 0 Å². The van der Waals surface area contributed by atoms with E-state index < -0.39 is 0 Å². The van der Waals surface area contributed by atoms with Gasteiger partial charge in [0.1, 0.15) is 5.04 Å². The summed E-state index contributed by atoms with van der Waals surface area (Å²) >= 11 is 6.12. The van der Waals surface area contributed by atoms with Crippen LogP contribution in [0.15, 0.2) is 94.0 Å². The largest absolute Gasteiger partial charge is 0.159 e. The molecule has 0 radical (unpaired) electrons. The number of thioether (sulfide) groups is 1. The maximum Gasteiger partial charge on any atom is 0.102 e. The van der Waals surface area contributed by atoms with Gasteiger partial charge < -0.3 is 0 Å². The van der Waals surface area contributed by atoms with Gasteiger partial charge in [-0.15, -0.1) is 29.5 Å². The highest BCUT2D eigenvalue weighted by Crippen LogP contribution is 2.28. The lowest BCUT2D eigenvalue weighted by atomic mass is 10.0. The van der Waals surface area contributed by atoms with Crippen LogP contribution in [0.4, 0.5) is 0 Å². The van der Waals surface area contributed by atoms with Crippen molar-refractivity contribution in [2.24, 2.45) is 10.2 Å². The van der Waals surface area contributed by atoms with Crippen molar-refractivity contribution in [3.63, 3.8) is 0 Å². The fourth-order valence-corrected chi connectivity index (χ4v) is 4.20. The molecule has 0 amide bonds. The summed E-state index contributed by atoms with van der Waals surface area (Å²) in [4.78, 5) is 0.983. The number of rotatable bonds is 5. The molecule has 1 aliphatic heterocycles. The highest BCUT2D eigenvalue weighted by Gasteiger charge is 2.15. The average molecular weight is 389 g/mol. The van der Waals surface area contributed by atoms with Crippen molar-refractivity contribution >= 4 is 35.1 Å². The first-order valence-corrected chi connectivity index (χ1v) is 10.4. The van der Waals surface area contributed by atoms with E-state index in [1.165, 1.54) is 22.3 Å². The Morgan fingerprint density at radius 3 is 2.37 bits per heavy atom. The molecule has 27 heavy (non-hydrogen) atoms. The fourth-order valence-electron chi connectivity index (χ4n) is 3.11. The molecule has 0 aliphatic carbocycles. The summed E-state index contributed by atoms with van der Waals surface area (Å²) in [6.45, 7) is 0. The van der Waals surface area contributed by atoms with Gasteiger partial charge >= 0.3 is 0 Å². The molecule has 0 aromatic heterocycles. The quantitative estimate of drug-likeness (QED) is 0.511. The van der Waals surface area contributed by atoms with Crippen LogP contribution in [0.5, 0.6) is 0 Å². The minimum absolute atomic E-state index is 0.848. The number of hydrogen-bond donors (Lipinski definition) is 1. The molecule has 0 saturated carbocycles. The van der Waals surface area contributed by atoms with Crippen molar-refractivity contribution in [2.75, 3.05) is 0 Å². The van der Waals surface area contributed by atoms with Gasteiger partial charge in [0.25, 0.3) is 0 Å². The van der Waals surface area contributed by atoms with E-state index in [-0.39, 0.29) is 0 Å². The summed E-state index contributed by atoms with van der Waals surface area (Å²) in [7, 11) is 0. The lowest BCUT2D eigenvalue weighted by molar-refractivity contribution is 1.21. The van der Waals surface area contributed by atoms with Gasteiger partial charge in [0.05, 0.1) is 5.71 Å². The van der Waals surface area contributed by atoms with Gasteiger partial charge in [0.15, 0.2) is 0 Å². The molecule has 0 spiro atoms. The van der Waals surface area contributed by atoms with Crippen LogP contribution in [-0.4, -0.2) is 10.8 Å². The van der Waals surface area contributed by atoms with Crippen LogP contribution in [0.2, 0.25) is 0 Å². The Hall–Kier alpha value is -2.30. The lowest BCUT2D eigenvalue weighted by Crippen LogP contribution is -2.03. The Balaban J connectivity index is 1.36. The van der Waals surface area contributed by atoms with Gasteiger partial charge in [-0.05, 0) is 34.4 Å². The molecular weight excluding hydrogens is 368 g/mol. The van der Waals surface area contributed by atoms with E-state index in [4.69, 9.17) is 0 Å². The van der Waals surface area contributed by atoms with Crippen LogP contribution in [0.3, 0.4) is 0 Å². The van der Waals surface area contributed by atoms with Gasteiger partial charge in [-0.1, -0.05) is 66.7 Å². The zero-order valence-electron chi connectivity index (χ0n) is 14.9.